The van der Waals surface area contributed by atoms with Crippen LogP contribution < -0.4 is 5.32 Å². The average Bonchev–Trinajstić information content (AvgIpc) is 2.95. The number of nitrogens with zero attached hydrogens (tertiary/aromatic N) is 2. The number of carbonyl (C=O) groups excluding carboxylic acids is 1. The van der Waals surface area contributed by atoms with Crippen LogP contribution in [0.4, 0.5) is 5.13 Å². The van der Waals surface area contributed by atoms with Crippen molar-refractivity contribution in [2.75, 3.05) is 5.32 Å². The molecule has 0 unspecified atom stereocenters. The Morgan fingerprint density at radius 1 is 1.47 bits per heavy atom. The molecule has 2 heterocycles. The summed E-state index contributed by atoms with van der Waals surface area (Å²) in [5.41, 5.74) is 0.625. The Balaban J connectivity index is 2.06. The summed E-state index contributed by atoms with van der Waals surface area (Å²) in [4.78, 5) is 26.7. The molecular formula is C11H9N3O4S. The molecule has 0 bridgehead atoms. The maximum Gasteiger partial charge on any atom is 0.328 e. The number of hydrogen-bond acceptors (Lipinski definition) is 6. The van der Waals surface area contributed by atoms with Crippen molar-refractivity contribution in [3.8, 4) is 0 Å². The Hall–Kier alpha value is -2.48. The molecule has 0 aliphatic heterocycles. The van der Waals surface area contributed by atoms with Crippen molar-refractivity contribution in [3.05, 3.63) is 34.7 Å². The van der Waals surface area contributed by atoms with E-state index in [1.807, 2.05) is 0 Å². The van der Waals surface area contributed by atoms with Crippen LogP contribution in [0.1, 0.15) is 21.0 Å². The number of carboxylic acids is 1. The second kappa shape index (κ2) is 5.44. The Kier molecular flexibility index (Phi) is 3.71. The van der Waals surface area contributed by atoms with Gasteiger partial charge in [0.15, 0.2) is 5.13 Å². The molecule has 0 saturated carbocycles. The third-order valence-corrected chi connectivity index (χ3v) is 2.97. The van der Waals surface area contributed by atoms with E-state index in [9.17, 15) is 9.59 Å². The first kappa shape index (κ1) is 13.0. The van der Waals surface area contributed by atoms with E-state index in [0.29, 0.717) is 15.6 Å². The van der Waals surface area contributed by atoms with Crippen molar-refractivity contribution in [2.24, 2.45) is 0 Å². The molecule has 8 heteroatoms. The van der Waals surface area contributed by atoms with E-state index in [1.54, 1.807) is 6.92 Å². The summed E-state index contributed by atoms with van der Waals surface area (Å²) in [5.74, 6) is -1.37. The van der Waals surface area contributed by atoms with Crippen molar-refractivity contribution in [1.82, 2.24) is 10.1 Å². The summed E-state index contributed by atoms with van der Waals surface area (Å²) < 4.78 is 4.81. The fourth-order valence-electron chi connectivity index (χ4n) is 1.24. The van der Waals surface area contributed by atoms with Gasteiger partial charge in [0.1, 0.15) is 0 Å². The maximum absolute atomic E-state index is 11.8. The van der Waals surface area contributed by atoms with Crippen LogP contribution in [-0.2, 0) is 4.79 Å². The topological polar surface area (TPSA) is 105 Å². The zero-order valence-electron chi connectivity index (χ0n) is 9.78. The van der Waals surface area contributed by atoms with Crippen LogP contribution in [-0.4, -0.2) is 27.1 Å². The van der Waals surface area contributed by atoms with Crippen LogP contribution >= 0.6 is 11.3 Å². The monoisotopic (exact) mass is 279 g/mol. The summed E-state index contributed by atoms with van der Waals surface area (Å²) in [7, 11) is 0. The van der Waals surface area contributed by atoms with Crippen molar-refractivity contribution >= 4 is 34.4 Å². The number of hydrogen-bond donors (Lipinski definition) is 2. The number of rotatable bonds is 4. The maximum atomic E-state index is 11.8. The molecule has 0 aliphatic rings. The first-order valence-electron chi connectivity index (χ1n) is 5.15. The molecule has 19 heavy (non-hydrogen) atoms. The molecule has 7 nitrogen and oxygen atoms in total. The van der Waals surface area contributed by atoms with E-state index in [0.717, 1.165) is 17.4 Å². The molecular weight excluding hydrogens is 270 g/mol. The molecule has 0 aromatic carbocycles. The minimum Gasteiger partial charge on any atom is -0.478 e. The highest BCUT2D eigenvalue weighted by atomic mass is 32.1. The fraction of sp³-hybridized carbons (Fsp3) is 0.0909. The van der Waals surface area contributed by atoms with Gasteiger partial charge in [-0.25, -0.2) is 9.78 Å². The van der Waals surface area contributed by atoms with Gasteiger partial charge in [-0.2, -0.15) is 0 Å². The number of anilines is 1. The van der Waals surface area contributed by atoms with Crippen LogP contribution in [0, 0.1) is 6.92 Å². The Morgan fingerprint density at radius 2 is 2.26 bits per heavy atom. The van der Waals surface area contributed by atoms with Gasteiger partial charge >= 0.3 is 5.97 Å². The smallest absolute Gasteiger partial charge is 0.328 e. The van der Waals surface area contributed by atoms with Crippen LogP contribution in [0.5, 0.6) is 0 Å². The van der Waals surface area contributed by atoms with Gasteiger partial charge in [-0.1, -0.05) is 16.5 Å². The van der Waals surface area contributed by atoms with Crippen molar-refractivity contribution in [1.29, 1.82) is 0 Å². The molecule has 2 aromatic rings. The Bertz CT molecular complexity index is 644. The number of amides is 1. The van der Waals surface area contributed by atoms with Gasteiger partial charge < -0.3 is 9.63 Å². The highest BCUT2D eigenvalue weighted by Crippen LogP contribution is 2.20. The average molecular weight is 279 g/mol. The highest BCUT2D eigenvalue weighted by molar-refractivity contribution is 7.16. The summed E-state index contributed by atoms with van der Waals surface area (Å²) in [5, 5.41) is 14.9. The highest BCUT2D eigenvalue weighted by Gasteiger charge is 2.15. The molecule has 0 radical (unpaired) electrons. The Labute approximate surface area is 111 Å². The van der Waals surface area contributed by atoms with Crippen LogP contribution in [0.2, 0.25) is 0 Å². The molecule has 0 atom stereocenters. The third-order valence-electron chi connectivity index (χ3n) is 2.09. The number of carbonyl (C=O) groups is 2. The number of thiazole rings is 1. The van der Waals surface area contributed by atoms with Gasteiger partial charge in [-0.3, -0.25) is 10.1 Å². The Morgan fingerprint density at radius 3 is 2.89 bits per heavy atom. The third kappa shape index (κ3) is 3.26. The fourth-order valence-corrected chi connectivity index (χ4v) is 1.95. The molecule has 1 amide bonds. The van der Waals surface area contributed by atoms with Crippen molar-refractivity contribution < 1.29 is 19.2 Å². The van der Waals surface area contributed by atoms with Crippen LogP contribution in [0.3, 0.4) is 0 Å². The second-order valence-corrected chi connectivity index (χ2v) is 4.59. The lowest BCUT2D eigenvalue weighted by Crippen LogP contribution is -2.11. The van der Waals surface area contributed by atoms with Crippen LogP contribution in [0.25, 0.3) is 6.08 Å². The SMILES string of the molecule is Cc1cnoc1C(=O)Nc1ncc(C=CC(=O)O)s1. The first-order chi connectivity index (χ1) is 9.06. The number of aliphatic carboxylic acids is 1. The van der Waals surface area contributed by atoms with Gasteiger partial charge in [0.2, 0.25) is 5.76 Å². The molecule has 0 saturated heterocycles. The van der Waals surface area contributed by atoms with Crippen LogP contribution in [0.15, 0.2) is 23.0 Å². The van der Waals surface area contributed by atoms with E-state index in [-0.39, 0.29) is 5.76 Å². The summed E-state index contributed by atoms with van der Waals surface area (Å²) in [6.45, 7) is 1.70. The predicted molar refractivity (Wildman–Crippen MR) is 68.0 cm³/mol. The second-order valence-electron chi connectivity index (χ2n) is 3.53. The largest absolute Gasteiger partial charge is 0.478 e. The zero-order chi connectivity index (χ0) is 13.8. The predicted octanol–water partition coefficient (Wildman–Crippen LogP) is 1.79. The van der Waals surface area contributed by atoms with Gasteiger partial charge in [0.05, 0.1) is 6.20 Å². The van der Waals surface area contributed by atoms with Crippen molar-refractivity contribution in [2.45, 2.75) is 6.92 Å². The van der Waals surface area contributed by atoms with E-state index in [4.69, 9.17) is 9.63 Å². The van der Waals surface area contributed by atoms with E-state index >= 15 is 0 Å². The minimum atomic E-state index is -1.05. The van der Waals surface area contributed by atoms with Gasteiger partial charge in [0.25, 0.3) is 5.91 Å². The summed E-state index contributed by atoms with van der Waals surface area (Å²) >= 11 is 1.15. The van der Waals surface area contributed by atoms with E-state index in [1.165, 1.54) is 18.5 Å². The molecule has 2 aromatic heterocycles. The normalized spacial score (nSPS) is 10.8. The van der Waals surface area contributed by atoms with Gasteiger partial charge in [-0.15, -0.1) is 0 Å². The standard InChI is InChI=1S/C11H9N3O4S/c1-6-4-13-18-9(6)10(17)14-11-12-5-7(19-11)2-3-8(15)16/h2-5H,1H3,(H,15,16)(H,12,14,17). The van der Waals surface area contributed by atoms with Crippen molar-refractivity contribution in [3.63, 3.8) is 0 Å². The lowest BCUT2D eigenvalue weighted by atomic mass is 10.3. The minimum absolute atomic E-state index is 0.123. The lowest BCUT2D eigenvalue weighted by molar-refractivity contribution is -0.131. The summed E-state index contributed by atoms with van der Waals surface area (Å²) in [6, 6.07) is 0. The molecule has 0 aliphatic carbocycles. The summed E-state index contributed by atoms with van der Waals surface area (Å²) in [6.07, 6.45) is 5.31. The zero-order valence-corrected chi connectivity index (χ0v) is 10.6. The number of aromatic nitrogens is 2. The molecule has 2 rings (SSSR count). The first-order valence-corrected chi connectivity index (χ1v) is 5.97. The lowest BCUT2D eigenvalue weighted by Gasteiger charge is -1.97. The van der Waals surface area contributed by atoms with Gasteiger partial charge in [0, 0.05) is 22.7 Å². The van der Waals surface area contributed by atoms with Gasteiger partial charge in [-0.05, 0) is 13.0 Å². The molecule has 2 N–H and O–H groups in total. The van der Waals surface area contributed by atoms with E-state index in [2.05, 4.69) is 15.5 Å². The number of nitrogens with one attached hydrogen (secondary N) is 1. The molecule has 0 fully saturated rings. The number of aryl methyl sites for hydroxylation is 1. The number of carboxylic acid groups (broad SMARTS) is 1. The van der Waals surface area contributed by atoms with E-state index < -0.39 is 11.9 Å². The molecule has 0 spiro atoms. The molecule has 98 valence electrons. The quantitative estimate of drug-likeness (QED) is 0.826.